The second-order valence-electron chi connectivity index (χ2n) is 7.88. The molecule has 2 saturated heterocycles. The molecule has 2 unspecified atom stereocenters. The molecule has 1 aromatic heterocycles. The highest BCUT2D eigenvalue weighted by Crippen LogP contribution is 2.55. The van der Waals surface area contributed by atoms with E-state index in [4.69, 9.17) is 9.84 Å². The Kier molecular flexibility index (Phi) is 6.07. The van der Waals surface area contributed by atoms with Gasteiger partial charge in [-0.2, -0.15) is 4.57 Å². The maximum absolute atomic E-state index is 12.4. The summed E-state index contributed by atoms with van der Waals surface area (Å²) in [4.78, 5) is 36.3. The lowest BCUT2D eigenvalue weighted by Crippen LogP contribution is -2.64. The Bertz CT molecular complexity index is 1040. The van der Waals surface area contributed by atoms with E-state index in [2.05, 4.69) is 0 Å². The van der Waals surface area contributed by atoms with E-state index >= 15 is 0 Å². The lowest BCUT2D eigenvalue weighted by atomic mass is 9.89. The third-order valence-electron chi connectivity index (χ3n) is 5.63. The number of aliphatic hydroxyl groups excluding tert-OH is 1. The van der Waals surface area contributed by atoms with Crippen molar-refractivity contribution < 1.29 is 39.0 Å². The predicted octanol–water partition coefficient (Wildman–Crippen LogP) is 0.892. The Morgan fingerprint density at radius 3 is 2.56 bits per heavy atom. The molecule has 0 aliphatic carbocycles. The Hall–Kier alpha value is -3.11. The Morgan fingerprint density at radius 1 is 1.22 bits per heavy atom. The second-order valence-corrected chi connectivity index (χ2v) is 9.14. The first-order valence-corrected chi connectivity index (χ1v) is 11.0. The van der Waals surface area contributed by atoms with Gasteiger partial charge in [-0.1, -0.05) is 24.3 Å². The number of nitrogens with zero attached hydrogens (tertiary/aromatic N) is 2. The molecule has 32 heavy (non-hydrogen) atoms. The summed E-state index contributed by atoms with van der Waals surface area (Å²) in [5.41, 5.74) is 1.77. The van der Waals surface area contributed by atoms with E-state index in [0.717, 1.165) is 11.1 Å². The molecule has 4 rings (SSSR count). The first-order valence-electron chi connectivity index (χ1n) is 10.1. The van der Waals surface area contributed by atoms with E-state index in [1.54, 1.807) is 25.3 Å². The van der Waals surface area contributed by atoms with Gasteiger partial charge in [0.15, 0.2) is 25.1 Å². The summed E-state index contributed by atoms with van der Waals surface area (Å²) in [6.07, 6.45) is 2.72. The van der Waals surface area contributed by atoms with Crippen LogP contribution in [0.2, 0.25) is 0 Å². The lowest BCUT2D eigenvalue weighted by molar-refractivity contribution is -0.688. The molecular formula is C22H23N2O7S+. The summed E-state index contributed by atoms with van der Waals surface area (Å²) < 4.78 is 7.05. The number of pyridine rings is 1. The summed E-state index contributed by atoms with van der Waals surface area (Å²) in [6.45, 7) is 1.65. The fourth-order valence-electron chi connectivity index (χ4n) is 4.13. The van der Waals surface area contributed by atoms with Gasteiger partial charge >= 0.3 is 11.9 Å². The van der Waals surface area contributed by atoms with Crippen LogP contribution in [-0.2, 0) is 20.9 Å². The van der Waals surface area contributed by atoms with Gasteiger partial charge in [0.25, 0.3) is 0 Å². The zero-order valence-corrected chi connectivity index (χ0v) is 18.0. The van der Waals surface area contributed by atoms with Crippen LogP contribution >= 0.6 is 11.8 Å². The van der Waals surface area contributed by atoms with Crippen molar-refractivity contribution in [2.45, 2.75) is 36.2 Å². The van der Waals surface area contributed by atoms with Gasteiger partial charge in [-0.3, -0.25) is 4.79 Å². The average molecular weight is 460 g/mol. The number of hydrogen-bond acceptors (Lipinski definition) is 6. The van der Waals surface area contributed by atoms with Gasteiger partial charge in [0.2, 0.25) is 12.1 Å². The van der Waals surface area contributed by atoms with Crippen molar-refractivity contribution in [3.8, 4) is 5.75 Å². The number of ether oxygens (including phenoxy) is 1. The van der Waals surface area contributed by atoms with Crippen molar-refractivity contribution in [3.63, 3.8) is 0 Å². The molecule has 2 aliphatic heterocycles. The van der Waals surface area contributed by atoms with Crippen molar-refractivity contribution in [2.24, 2.45) is 5.92 Å². The number of carbonyl (C=O) groups is 3. The number of thioether (sulfide) groups is 1. The number of benzene rings is 1. The van der Waals surface area contributed by atoms with Crippen LogP contribution in [0.15, 0.2) is 48.8 Å². The number of aliphatic carboxylic acids is 2. The second kappa shape index (κ2) is 8.79. The monoisotopic (exact) mass is 459 g/mol. The molecule has 0 radical (unpaired) electrons. The minimum absolute atomic E-state index is 0.314. The third kappa shape index (κ3) is 4.15. The third-order valence-corrected chi connectivity index (χ3v) is 7.26. The molecule has 2 aromatic rings. The number of carbonyl (C=O) groups excluding carboxylic acids is 1. The smallest absolute Gasteiger partial charge is 0.341 e. The van der Waals surface area contributed by atoms with E-state index in [9.17, 15) is 24.6 Å². The number of fused-ring (bicyclic) bond motifs is 1. The Labute approximate surface area is 188 Å². The van der Waals surface area contributed by atoms with Crippen LogP contribution in [0, 0.1) is 5.92 Å². The SMILES string of the molecule is C[C@@H](O)[C@H]1C(=O)N2C(C(=O)O)C(c3ccc(C[n+]4cccc(OCC(=O)O)c4)cc3)S[C@H]12. The van der Waals surface area contributed by atoms with Crippen molar-refractivity contribution in [3.05, 3.63) is 59.9 Å². The number of carboxylic acids is 2. The topological polar surface area (TPSA) is 128 Å². The summed E-state index contributed by atoms with van der Waals surface area (Å²) in [5.74, 6) is -2.55. The molecule has 1 amide bonds. The van der Waals surface area contributed by atoms with Crippen LogP contribution in [-0.4, -0.2) is 62.2 Å². The molecule has 2 aliphatic rings. The number of carboxylic acid groups (broad SMARTS) is 2. The maximum atomic E-state index is 12.4. The normalized spacial score (nSPS) is 25.1. The fourth-order valence-corrected chi connectivity index (χ4v) is 6.02. The highest BCUT2D eigenvalue weighted by molar-refractivity contribution is 8.00. The molecule has 10 heteroatoms. The Morgan fingerprint density at radius 2 is 1.94 bits per heavy atom. The molecule has 0 saturated carbocycles. The summed E-state index contributed by atoms with van der Waals surface area (Å²) >= 11 is 1.40. The van der Waals surface area contributed by atoms with Crippen molar-refractivity contribution >= 4 is 29.6 Å². The largest absolute Gasteiger partial charge is 0.480 e. The molecule has 3 heterocycles. The van der Waals surface area contributed by atoms with Crippen LogP contribution in [0.4, 0.5) is 0 Å². The number of hydrogen-bond donors (Lipinski definition) is 3. The van der Waals surface area contributed by atoms with Gasteiger partial charge in [-0.25, -0.2) is 9.59 Å². The van der Waals surface area contributed by atoms with Gasteiger partial charge in [0.05, 0.1) is 22.6 Å². The molecule has 0 bridgehead atoms. The van der Waals surface area contributed by atoms with Gasteiger partial charge in [-0.05, 0) is 18.6 Å². The van der Waals surface area contributed by atoms with Crippen molar-refractivity contribution in [1.82, 2.24) is 4.90 Å². The molecule has 1 aromatic carbocycles. The highest BCUT2D eigenvalue weighted by atomic mass is 32.2. The van der Waals surface area contributed by atoms with Gasteiger partial charge in [0.1, 0.15) is 6.04 Å². The summed E-state index contributed by atoms with van der Waals surface area (Å²) in [7, 11) is 0. The number of aromatic nitrogens is 1. The highest BCUT2D eigenvalue weighted by Gasteiger charge is 2.62. The summed E-state index contributed by atoms with van der Waals surface area (Å²) in [6, 6.07) is 10.0. The maximum Gasteiger partial charge on any atom is 0.341 e. The zero-order valence-electron chi connectivity index (χ0n) is 17.2. The van der Waals surface area contributed by atoms with E-state index in [1.165, 1.54) is 16.7 Å². The van der Waals surface area contributed by atoms with Crippen molar-refractivity contribution in [2.75, 3.05) is 6.61 Å². The minimum atomic E-state index is -1.06. The molecule has 0 spiro atoms. The van der Waals surface area contributed by atoms with E-state index in [1.807, 2.05) is 35.0 Å². The first-order chi connectivity index (χ1) is 15.3. The quantitative estimate of drug-likeness (QED) is 0.392. The fraction of sp³-hybridized carbons (Fsp3) is 0.364. The van der Waals surface area contributed by atoms with E-state index < -0.39 is 41.9 Å². The minimum Gasteiger partial charge on any atom is -0.480 e. The lowest BCUT2D eigenvalue weighted by Gasteiger charge is -2.44. The molecule has 2 fully saturated rings. The summed E-state index contributed by atoms with van der Waals surface area (Å²) in [5, 5.41) is 27.6. The predicted molar refractivity (Wildman–Crippen MR) is 113 cm³/mol. The van der Waals surface area contributed by atoms with Gasteiger partial charge in [0, 0.05) is 11.6 Å². The van der Waals surface area contributed by atoms with Crippen LogP contribution in [0.1, 0.15) is 23.3 Å². The van der Waals surface area contributed by atoms with Crippen molar-refractivity contribution in [1.29, 1.82) is 0 Å². The van der Waals surface area contributed by atoms with Crippen LogP contribution in [0.25, 0.3) is 0 Å². The molecule has 168 valence electrons. The van der Waals surface area contributed by atoms with E-state index in [0.29, 0.717) is 12.3 Å². The average Bonchev–Trinajstić information content (AvgIpc) is 3.08. The number of aliphatic hydroxyl groups is 1. The molecule has 3 N–H and O–H groups in total. The Balaban J connectivity index is 1.48. The van der Waals surface area contributed by atoms with Gasteiger partial charge < -0.3 is 25.0 Å². The zero-order chi connectivity index (χ0) is 23.0. The van der Waals surface area contributed by atoms with Crippen LogP contribution in [0.5, 0.6) is 5.75 Å². The molecule has 9 nitrogen and oxygen atoms in total. The number of β-lactam (4-membered cyclic amide) rings is 1. The van der Waals surface area contributed by atoms with E-state index in [-0.39, 0.29) is 11.3 Å². The van der Waals surface area contributed by atoms with Crippen LogP contribution < -0.4 is 9.30 Å². The molecular weight excluding hydrogens is 436 g/mol. The number of rotatable bonds is 8. The standard InChI is InChI=1S/C22H22N2O7S/c1-12(25)17-20(28)24-18(22(29)30)19(32-21(17)24)14-6-4-13(5-7-14)9-23-8-2-3-15(10-23)31-11-16(26)27/h2-8,10,12,17-19,21,25H,9,11H2,1H3,(H-,26,27,29,30)/p+1/t12-,17+,18?,19?,21-/m1/s1. The van der Waals surface area contributed by atoms with Gasteiger partial charge in [-0.15, -0.1) is 11.8 Å². The first kappa shape index (κ1) is 22.1. The van der Waals surface area contributed by atoms with Crippen LogP contribution in [0.3, 0.4) is 0 Å². The number of amides is 1. The molecule has 5 atom stereocenters.